The molecule has 9 heteroatoms. The van der Waals surface area contributed by atoms with Crippen molar-refractivity contribution in [2.45, 2.75) is 13.8 Å². The molecule has 1 N–H and O–H groups in total. The third-order valence-corrected chi connectivity index (χ3v) is 3.90. The van der Waals surface area contributed by atoms with E-state index >= 15 is 0 Å². The molecule has 1 heterocycles. The summed E-state index contributed by atoms with van der Waals surface area (Å²) in [6, 6.07) is 4.84. The maximum atomic E-state index is 12.3. The van der Waals surface area contributed by atoms with Crippen molar-refractivity contribution in [1.29, 1.82) is 0 Å². The Morgan fingerprint density at radius 1 is 1.11 bits per heavy atom. The quantitative estimate of drug-likeness (QED) is 0.756. The fraction of sp³-hybridized carbons (Fsp3) is 0.333. The Balaban J connectivity index is 2.09. The van der Waals surface area contributed by atoms with Gasteiger partial charge in [0.05, 0.1) is 19.9 Å². The van der Waals surface area contributed by atoms with E-state index in [1.54, 1.807) is 32.0 Å². The minimum atomic E-state index is -0.878. The van der Waals surface area contributed by atoms with Gasteiger partial charge >= 0.3 is 5.97 Å². The first kappa shape index (κ1) is 20.0. The van der Waals surface area contributed by atoms with Crippen molar-refractivity contribution in [3.63, 3.8) is 0 Å². The van der Waals surface area contributed by atoms with E-state index in [4.69, 9.17) is 14.2 Å². The number of nitrogens with zero attached hydrogens (tertiary/aromatic N) is 2. The van der Waals surface area contributed by atoms with Crippen LogP contribution in [0.25, 0.3) is 0 Å². The monoisotopic (exact) mass is 375 g/mol. The van der Waals surface area contributed by atoms with Crippen molar-refractivity contribution in [3.8, 4) is 11.5 Å². The molecule has 0 aliphatic heterocycles. The number of methoxy groups -OCH3 is 2. The Morgan fingerprint density at radius 3 is 2.26 bits per heavy atom. The number of carbonyl (C=O) groups excluding carboxylic acids is 2. The number of anilines is 1. The topological polar surface area (TPSA) is 109 Å². The molecule has 0 saturated heterocycles. The highest BCUT2D eigenvalue weighted by Crippen LogP contribution is 2.25. The summed E-state index contributed by atoms with van der Waals surface area (Å²) in [5, 5.41) is 6.57. The number of ether oxygens (including phenoxy) is 3. The third kappa shape index (κ3) is 4.63. The maximum absolute atomic E-state index is 12.3. The lowest BCUT2D eigenvalue weighted by molar-refractivity contribution is -0.119. The normalized spacial score (nSPS) is 10.3. The molecule has 2 rings (SSSR count). The molecule has 1 aromatic heterocycles. The standard InChI is InChI=1S/C18H21N3O6/c1-10-11(2)20-21(3)17(23)16(10)18(24)27-9-15(22)19-12-6-13(25-4)8-14(7-12)26-5/h6-8H,9H2,1-5H3,(H,19,22). The number of hydrogen-bond acceptors (Lipinski definition) is 7. The van der Waals surface area contributed by atoms with Gasteiger partial charge in [-0.3, -0.25) is 9.59 Å². The highest BCUT2D eigenvalue weighted by atomic mass is 16.5. The average molecular weight is 375 g/mol. The lowest BCUT2D eigenvalue weighted by Crippen LogP contribution is -2.31. The van der Waals surface area contributed by atoms with E-state index in [2.05, 4.69) is 10.4 Å². The molecule has 0 spiro atoms. The van der Waals surface area contributed by atoms with Crippen LogP contribution in [-0.4, -0.2) is 42.5 Å². The van der Waals surface area contributed by atoms with Crippen LogP contribution >= 0.6 is 0 Å². The Morgan fingerprint density at radius 2 is 1.70 bits per heavy atom. The fourth-order valence-corrected chi connectivity index (χ4v) is 2.37. The van der Waals surface area contributed by atoms with Gasteiger partial charge in [-0.25, -0.2) is 9.48 Å². The first-order valence-corrected chi connectivity index (χ1v) is 8.01. The van der Waals surface area contributed by atoms with Crippen LogP contribution < -0.4 is 20.3 Å². The van der Waals surface area contributed by atoms with Crippen LogP contribution in [0.1, 0.15) is 21.6 Å². The lowest BCUT2D eigenvalue weighted by Gasteiger charge is -2.11. The molecule has 0 aliphatic carbocycles. The molecule has 0 radical (unpaired) electrons. The smallest absolute Gasteiger partial charge is 0.344 e. The minimum absolute atomic E-state index is 0.138. The van der Waals surface area contributed by atoms with Gasteiger partial charge in [0.2, 0.25) is 0 Å². The molecule has 0 bridgehead atoms. The summed E-state index contributed by atoms with van der Waals surface area (Å²) in [6.45, 7) is 2.72. The Hall–Kier alpha value is -3.36. The number of benzene rings is 1. The molecule has 1 aromatic carbocycles. The number of aromatic nitrogens is 2. The van der Waals surface area contributed by atoms with E-state index < -0.39 is 24.0 Å². The summed E-state index contributed by atoms with van der Waals surface area (Å²) in [5.74, 6) is -0.461. The van der Waals surface area contributed by atoms with Crippen molar-refractivity contribution in [1.82, 2.24) is 9.78 Å². The molecule has 9 nitrogen and oxygen atoms in total. The predicted octanol–water partition coefficient (Wildman–Crippen LogP) is 1.21. The largest absolute Gasteiger partial charge is 0.497 e. The number of amides is 1. The number of nitrogens with one attached hydrogen (secondary N) is 1. The van der Waals surface area contributed by atoms with Gasteiger partial charge in [0, 0.05) is 30.9 Å². The zero-order valence-electron chi connectivity index (χ0n) is 15.8. The highest BCUT2D eigenvalue weighted by Gasteiger charge is 2.20. The van der Waals surface area contributed by atoms with Gasteiger partial charge in [-0.15, -0.1) is 0 Å². The van der Waals surface area contributed by atoms with Gasteiger partial charge in [0.25, 0.3) is 11.5 Å². The molecule has 0 unspecified atom stereocenters. The molecular weight excluding hydrogens is 354 g/mol. The minimum Gasteiger partial charge on any atom is -0.497 e. The molecule has 27 heavy (non-hydrogen) atoms. The molecule has 0 fully saturated rings. The van der Waals surface area contributed by atoms with Gasteiger partial charge in [-0.2, -0.15) is 5.10 Å². The molecule has 0 aliphatic rings. The van der Waals surface area contributed by atoms with Crippen LogP contribution in [0.2, 0.25) is 0 Å². The van der Waals surface area contributed by atoms with E-state index in [9.17, 15) is 14.4 Å². The van der Waals surface area contributed by atoms with Gasteiger partial charge in [-0.1, -0.05) is 0 Å². The summed E-state index contributed by atoms with van der Waals surface area (Å²) < 4.78 is 16.3. The van der Waals surface area contributed by atoms with Crippen molar-refractivity contribution < 1.29 is 23.8 Å². The first-order chi connectivity index (χ1) is 12.8. The van der Waals surface area contributed by atoms with Gasteiger partial charge in [0.15, 0.2) is 6.61 Å². The van der Waals surface area contributed by atoms with Crippen LogP contribution in [0, 0.1) is 13.8 Å². The van der Waals surface area contributed by atoms with E-state index in [1.165, 1.54) is 21.3 Å². The molecule has 144 valence electrons. The molecule has 0 saturated carbocycles. The second kappa shape index (κ2) is 8.35. The van der Waals surface area contributed by atoms with Gasteiger partial charge in [-0.05, 0) is 19.4 Å². The van der Waals surface area contributed by atoms with E-state index in [0.717, 1.165) is 4.68 Å². The number of rotatable bonds is 6. The molecule has 1 amide bonds. The Kier molecular flexibility index (Phi) is 6.17. The molecule has 2 aromatic rings. The molecular formula is C18H21N3O6. The first-order valence-electron chi connectivity index (χ1n) is 8.01. The number of hydrogen-bond donors (Lipinski definition) is 1. The van der Waals surface area contributed by atoms with Crippen LogP contribution in [0.15, 0.2) is 23.0 Å². The number of esters is 1. The summed E-state index contributed by atoms with van der Waals surface area (Å²) in [7, 11) is 4.41. The van der Waals surface area contributed by atoms with E-state index in [-0.39, 0.29) is 5.56 Å². The van der Waals surface area contributed by atoms with Gasteiger partial charge < -0.3 is 19.5 Å². The van der Waals surface area contributed by atoms with Crippen molar-refractivity contribution in [2.75, 3.05) is 26.1 Å². The second-order valence-corrected chi connectivity index (χ2v) is 5.74. The van der Waals surface area contributed by atoms with Crippen LogP contribution in [0.5, 0.6) is 11.5 Å². The zero-order valence-corrected chi connectivity index (χ0v) is 15.8. The third-order valence-electron chi connectivity index (χ3n) is 3.90. The predicted molar refractivity (Wildman–Crippen MR) is 97.4 cm³/mol. The van der Waals surface area contributed by atoms with E-state index in [1.807, 2.05) is 0 Å². The zero-order chi connectivity index (χ0) is 20.1. The Bertz CT molecular complexity index is 913. The summed E-state index contributed by atoms with van der Waals surface area (Å²) >= 11 is 0. The van der Waals surface area contributed by atoms with Crippen LogP contribution in [0.3, 0.4) is 0 Å². The SMILES string of the molecule is COc1cc(NC(=O)COC(=O)c2c(C)c(C)nn(C)c2=O)cc(OC)c1. The fourth-order valence-electron chi connectivity index (χ4n) is 2.37. The number of carbonyl (C=O) groups is 2. The molecule has 0 atom stereocenters. The van der Waals surface area contributed by atoms with Crippen molar-refractivity contribution >= 4 is 17.6 Å². The maximum Gasteiger partial charge on any atom is 0.344 e. The van der Waals surface area contributed by atoms with E-state index in [0.29, 0.717) is 28.4 Å². The summed E-state index contributed by atoms with van der Waals surface area (Å²) in [6.07, 6.45) is 0. The number of aryl methyl sites for hydroxylation is 2. The summed E-state index contributed by atoms with van der Waals surface area (Å²) in [4.78, 5) is 36.5. The second-order valence-electron chi connectivity index (χ2n) is 5.74. The highest BCUT2D eigenvalue weighted by molar-refractivity contribution is 5.96. The van der Waals surface area contributed by atoms with Crippen LogP contribution in [0.4, 0.5) is 5.69 Å². The van der Waals surface area contributed by atoms with Crippen molar-refractivity contribution in [3.05, 3.63) is 45.4 Å². The summed E-state index contributed by atoms with van der Waals surface area (Å²) in [5.41, 5.74) is 0.638. The van der Waals surface area contributed by atoms with Crippen molar-refractivity contribution in [2.24, 2.45) is 7.05 Å². The Labute approximate surface area is 155 Å². The van der Waals surface area contributed by atoms with Crippen LogP contribution in [-0.2, 0) is 16.6 Å². The lowest BCUT2D eigenvalue weighted by atomic mass is 10.1. The van der Waals surface area contributed by atoms with Gasteiger partial charge in [0.1, 0.15) is 17.1 Å². The average Bonchev–Trinajstić information content (AvgIpc) is 2.64.